The molecular formula is C34H59ClO2. The van der Waals surface area contributed by atoms with Crippen molar-refractivity contribution in [3.63, 3.8) is 0 Å². The Morgan fingerprint density at radius 3 is 1.73 bits per heavy atom. The molecule has 1 atom stereocenters. The molecule has 0 amide bonds. The molecule has 37 heavy (non-hydrogen) atoms. The molecule has 0 aliphatic carbocycles. The van der Waals surface area contributed by atoms with Gasteiger partial charge in [0.2, 0.25) is 0 Å². The number of terminal acetylenes is 1. The molecule has 0 aliphatic heterocycles. The van der Waals surface area contributed by atoms with Crippen molar-refractivity contribution >= 4 is 11.6 Å². The number of hydrogen-bond donors (Lipinski definition) is 2. The third-order valence-electron chi connectivity index (χ3n) is 5.71. The van der Waals surface area contributed by atoms with Gasteiger partial charge in [-0.25, -0.2) is 0 Å². The van der Waals surface area contributed by atoms with E-state index >= 15 is 0 Å². The van der Waals surface area contributed by atoms with Gasteiger partial charge >= 0.3 is 0 Å². The zero-order chi connectivity index (χ0) is 30.0. The van der Waals surface area contributed by atoms with Crippen LogP contribution in [0.3, 0.4) is 0 Å². The van der Waals surface area contributed by atoms with E-state index < -0.39 is 5.60 Å². The van der Waals surface area contributed by atoms with Crippen LogP contribution in [0.5, 0.6) is 0 Å². The molecule has 0 spiro atoms. The van der Waals surface area contributed by atoms with Crippen LogP contribution in [0.2, 0.25) is 0 Å². The normalized spacial score (nSPS) is 11.7. The summed E-state index contributed by atoms with van der Waals surface area (Å²) in [5, 5.41) is 20.2. The molecule has 0 bridgehead atoms. The minimum atomic E-state index is -0.872. The van der Waals surface area contributed by atoms with Gasteiger partial charge in [-0.1, -0.05) is 116 Å². The van der Waals surface area contributed by atoms with Gasteiger partial charge in [0.05, 0.1) is 11.7 Å². The Hall–Kier alpha value is -1.79. The van der Waals surface area contributed by atoms with E-state index in [4.69, 9.17) is 11.6 Å². The molecular weight excluding hydrogens is 476 g/mol. The monoisotopic (exact) mass is 534 g/mol. The van der Waals surface area contributed by atoms with Crippen molar-refractivity contribution in [2.24, 2.45) is 0 Å². The number of aliphatic hydroxyl groups is 2. The smallest absolute Gasteiger partial charge is 0.0840 e. The van der Waals surface area contributed by atoms with E-state index in [2.05, 4.69) is 74.0 Å². The molecule has 0 aliphatic rings. The first kappa shape index (κ1) is 42.3. The number of unbranched alkanes of at least 4 members (excludes halogenated alkanes) is 3. The quantitative estimate of drug-likeness (QED) is 0.244. The first-order chi connectivity index (χ1) is 17.3. The molecule has 2 N–H and O–H groups in total. The third kappa shape index (κ3) is 23.1. The van der Waals surface area contributed by atoms with Gasteiger partial charge in [-0.3, -0.25) is 0 Å². The fraction of sp³-hybridized carbons (Fsp3) is 0.588. The minimum absolute atomic E-state index is 0.306. The minimum Gasteiger partial charge on any atom is -0.388 e. The Morgan fingerprint density at radius 2 is 1.43 bits per heavy atom. The zero-order valence-electron chi connectivity index (χ0n) is 26.0. The number of aliphatic hydroxyl groups excluding tert-OH is 1. The van der Waals surface area contributed by atoms with E-state index in [1.807, 2.05) is 19.9 Å². The maximum absolute atomic E-state index is 9.73. The molecule has 0 saturated carbocycles. The fourth-order valence-electron chi connectivity index (χ4n) is 2.74. The van der Waals surface area contributed by atoms with Crippen LogP contribution in [-0.4, -0.2) is 15.8 Å². The highest BCUT2D eigenvalue weighted by molar-refractivity contribution is 6.29. The van der Waals surface area contributed by atoms with Gasteiger partial charge in [-0.05, 0) is 81.4 Å². The van der Waals surface area contributed by atoms with Gasteiger partial charge in [0.25, 0.3) is 0 Å². The van der Waals surface area contributed by atoms with E-state index in [0.29, 0.717) is 0 Å². The summed E-state index contributed by atoms with van der Waals surface area (Å²) >= 11 is 5.88. The lowest BCUT2D eigenvalue weighted by Crippen LogP contribution is -2.20. The predicted octanol–water partition coefficient (Wildman–Crippen LogP) is 10.7. The topological polar surface area (TPSA) is 40.5 Å². The van der Waals surface area contributed by atoms with E-state index in [1.54, 1.807) is 32.1 Å². The van der Waals surface area contributed by atoms with Crippen LogP contribution in [0.15, 0.2) is 47.5 Å². The number of aryl methyl sites for hydroxylation is 1. The second-order valence-corrected chi connectivity index (χ2v) is 9.85. The average molecular weight is 535 g/mol. The maximum Gasteiger partial charge on any atom is 0.0840 e. The molecule has 1 rings (SSSR count). The molecule has 2 nitrogen and oxygen atoms in total. The summed E-state index contributed by atoms with van der Waals surface area (Å²) in [5.74, 6) is 0. The zero-order valence-corrected chi connectivity index (χ0v) is 26.8. The van der Waals surface area contributed by atoms with Gasteiger partial charge in [0.1, 0.15) is 0 Å². The summed E-state index contributed by atoms with van der Waals surface area (Å²) < 4.78 is 0. The van der Waals surface area contributed by atoms with Gasteiger partial charge in [0, 0.05) is 5.03 Å². The van der Waals surface area contributed by atoms with E-state index in [9.17, 15) is 10.2 Å². The molecule has 3 heteroatoms. The highest BCUT2D eigenvalue weighted by Gasteiger charge is 2.16. The number of benzene rings is 1. The van der Waals surface area contributed by atoms with Crippen LogP contribution in [-0.2, 0) is 0 Å². The first-order valence-electron chi connectivity index (χ1n) is 13.8. The second kappa shape index (κ2) is 27.3. The van der Waals surface area contributed by atoms with Gasteiger partial charge in [-0.2, -0.15) is 0 Å². The van der Waals surface area contributed by atoms with Crippen LogP contribution in [0.1, 0.15) is 129 Å². The van der Waals surface area contributed by atoms with Crippen LogP contribution < -0.4 is 0 Å². The Bertz CT molecular complexity index is 760. The average Bonchev–Trinajstić information content (AvgIpc) is 2.88. The van der Waals surface area contributed by atoms with Crippen LogP contribution in [0, 0.1) is 33.6 Å². The molecule has 0 radical (unpaired) electrons. The van der Waals surface area contributed by atoms with Crippen molar-refractivity contribution < 1.29 is 10.2 Å². The maximum atomic E-state index is 9.73. The number of allylic oxidation sites excluding steroid dienone is 3. The largest absolute Gasteiger partial charge is 0.388 e. The van der Waals surface area contributed by atoms with Crippen molar-refractivity contribution in [3.05, 3.63) is 69.8 Å². The fourth-order valence-corrected chi connectivity index (χ4v) is 2.86. The summed E-state index contributed by atoms with van der Waals surface area (Å²) in [6, 6.07) is 4.11. The van der Waals surface area contributed by atoms with Gasteiger partial charge < -0.3 is 10.2 Å². The van der Waals surface area contributed by atoms with Gasteiger partial charge in [-0.15, -0.1) is 12.8 Å². The Labute approximate surface area is 236 Å². The van der Waals surface area contributed by atoms with Crippen LogP contribution in [0.4, 0.5) is 0 Å². The highest BCUT2D eigenvalue weighted by Crippen LogP contribution is 2.24. The highest BCUT2D eigenvalue weighted by atomic mass is 35.5. The van der Waals surface area contributed by atoms with Gasteiger partial charge in [0.15, 0.2) is 0 Å². The lowest BCUT2D eigenvalue weighted by atomic mass is 9.95. The van der Waals surface area contributed by atoms with E-state index in [0.717, 1.165) is 29.0 Å². The summed E-state index contributed by atoms with van der Waals surface area (Å²) in [6.45, 7) is 26.1. The van der Waals surface area contributed by atoms with Crippen molar-refractivity contribution in [1.82, 2.24) is 0 Å². The molecule has 0 fully saturated rings. The van der Waals surface area contributed by atoms with Crippen LogP contribution >= 0.6 is 11.6 Å². The lowest BCUT2D eigenvalue weighted by molar-refractivity contribution is 0.123. The molecule has 1 aromatic rings. The number of hydrogen-bond acceptors (Lipinski definition) is 2. The molecule has 1 unspecified atom stereocenters. The number of rotatable bonds is 9. The predicted molar refractivity (Wildman–Crippen MR) is 170 cm³/mol. The Kier molecular flexibility index (Phi) is 31.2. The molecule has 1 aromatic carbocycles. The standard InChI is InChI=1S/C12H18O.C11H17ClO.C5H12.C4H10.C2H2/c1-5-12(13)11-7-6-8(2)9(3)10(11)4;1-5-7-9(11(3,4)13)8-10(12)6-2;1-3-5-4-2;1-3-4-2;1-2/h6-7,12-13H,5H2,1-4H3;5,7-8,13H,1,6H2,2-4H3;3-5H2,1-2H3;3-4H2,1-2H3;1-2H/b;9-7+,10-8+;;;. The van der Waals surface area contributed by atoms with Crippen LogP contribution in [0.25, 0.3) is 0 Å². The lowest BCUT2D eigenvalue weighted by Gasteiger charge is -2.19. The summed E-state index contributed by atoms with van der Waals surface area (Å²) in [4.78, 5) is 0. The Balaban J connectivity index is -0.000000212. The van der Waals surface area contributed by atoms with Crippen molar-refractivity contribution in [1.29, 1.82) is 0 Å². The van der Waals surface area contributed by atoms with Crippen molar-refractivity contribution in [3.8, 4) is 12.8 Å². The first-order valence-corrected chi connectivity index (χ1v) is 14.2. The Morgan fingerprint density at radius 1 is 0.946 bits per heavy atom. The second-order valence-electron chi connectivity index (χ2n) is 9.36. The summed E-state index contributed by atoms with van der Waals surface area (Å²) in [5.41, 5.74) is 4.80. The van der Waals surface area contributed by atoms with Crippen molar-refractivity contribution in [2.75, 3.05) is 0 Å². The molecule has 0 heterocycles. The van der Waals surface area contributed by atoms with Crippen molar-refractivity contribution in [2.45, 2.75) is 133 Å². The third-order valence-corrected chi connectivity index (χ3v) is 6.08. The summed E-state index contributed by atoms with van der Waals surface area (Å²) in [7, 11) is 0. The number of halogens is 1. The molecule has 0 saturated heterocycles. The molecule has 0 aromatic heterocycles. The SMILES string of the molecule is C#C.C=C/C=C(\C=C(\Cl)CC)C(C)(C)O.CCC(O)c1ccc(C)c(C)c1C.CCCC.CCCCC. The van der Waals surface area contributed by atoms with E-state index in [-0.39, 0.29) is 6.10 Å². The molecule has 214 valence electrons. The van der Waals surface area contributed by atoms with E-state index in [1.165, 1.54) is 48.8 Å². The summed E-state index contributed by atoms with van der Waals surface area (Å²) in [6.07, 6.45) is 21.1.